The van der Waals surface area contributed by atoms with E-state index in [9.17, 15) is 13.2 Å². The van der Waals surface area contributed by atoms with Crippen LogP contribution in [0.2, 0.25) is 5.02 Å². The van der Waals surface area contributed by atoms with Gasteiger partial charge in [0.25, 0.3) is 0 Å². The average Bonchev–Trinajstić information content (AvgIpc) is 2.98. The van der Waals surface area contributed by atoms with Crippen molar-refractivity contribution in [2.45, 2.75) is 13.1 Å². The van der Waals surface area contributed by atoms with Crippen LogP contribution < -0.4 is 0 Å². The molecule has 0 N–H and O–H groups in total. The number of alkyl halides is 3. The number of hydrogen-bond donors (Lipinski definition) is 0. The number of aromatic nitrogens is 4. The van der Waals surface area contributed by atoms with Crippen molar-refractivity contribution in [3.05, 3.63) is 71.0 Å². The topological polar surface area (TPSA) is 43.6 Å². The minimum Gasteiger partial charge on any atom is -0.255 e. The van der Waals surface area contributed by atoms with Crippen LogP contribution >= 0.6 is 11.6 Å². The lowest BCUT2D eigenvalue weighted by molar-refractivity contribution is -0.136. The predicted molar refractivity (Wildman–Crippen MR) is 96.8 cm³/mol. The highest BCUT2D eigenvalue weighted by Crippen LogP contribution is 2.38. The second kappa shape index (κ2) is 6.35. The lowest BCUT2D eigenvalue weighted by Gasteiger charge is -2.11. The van der Waals surface area contributed by atoms with Crippen LogP contribution in [0.3, 0.4) is 0 Å². The Balaban J connectivity index is 2.08. The highest BCUT2D eigenvalue weighted by Gasteiger charge is 2.36. The molecule has 3 aromatic heterocycles. The number of aryl methyl sites for hydroxylation is 1. The van der Waals surface area contributed by atoms with E-state index in [0.717, 1.165) is 6.07 Å². The van der Waals surface area contributed by atoms with Gasteiger partial charge < -0.3 is 0 Å². The molecule has 8 heteroatoms. The number of halogens is 4. The molecule has 0 atom stereocenters. The normalized spacial score (nSPS) is 11.9. The van der Waals surface area contributed by atoms with Gasteiger partial charge in [0.05, 0.1) is 33.7 Å². The van der Waals surface area contributed by atoms with Crippen LogP contribution in [-0.4, -0.2) is 19.7 Å². The van der Waals surface area contributed by atoms with Gasteiger partial charge in [0.2, 0.25) is 0 Å². The van der Waals surface area contributed by atoms with E-state index in [4.69, 9.17) is 11.6 Å². The van der Waals surface area contributed by atoms with Gasteiger partial charge in [0, 0.05) is 11.2 Å². The zero-order valence-electron chi connectivity index (χ0n) is 14.0. The Labute approximate surface area is 157 Å². The first kappa shape index (κ1) is 17.5. The van der Waals surface area contributed by atoms with E-state index in [2.05, 4.69) is 15.1 Å². The monoisotopic (exact) mass is 388 g/mol. The van der Waals surface area contributed by atoms with Crippen molar-refractivity contribution in [1.29, 1.82) is 0 Å². The molecule has 0 saturated heterocycles. The summed E-state index contributed by atoms with van der Waals surface area (Å²) in [5.74, 6) is 0. The van der Waals surface area contributed by atoms with E-state index in [-0.39, 0.29) is 22.4 Å². The van der Waals surface area contributed by atoms with E-state index in [1.54, 1.807) is 42.5 Å². The van der Waals surface area contributed by atoms with Gasteiger partial charge in [0.15, 0.2) is 5.65 Å². The molecule has 0 spiro atoms. The minimum atomic E-state index is -4.56. The van der Waals surface area contributed by atoms with Crippen LogP contribution in [0.1, 0.15) is 11.3 Å². The number of hydrogen-bond acceptors (Lipinski definition) is 3. The molecule has 4 rings (SSSR count). The molecule has 4 nitrogen and oxygen atoms in total. The van der Waals surface area contributed by atoms with E-state index in [1.165, 1.54) is 17.8 Å². The number of rotatable bonds is 2. The summed E-state index contributed by atoms with van der Waals surface area (Å²) in [6.45, 7) is 1.53. The van der Waals surface area contributed by atoms with Crippen LogP contribution in [0.5, 0.6) is 0 Å². The van der Waals surface area contributed by atoms with E-state index in [1.807, 2.05) is 0 Å². The standard InChI is InChI=1S/C19H12ClF3N4/c1-11-17-14(19(21,22)23)10-16(15-7-2-3-8-24-15)25-18(17)27(26-11)13-6-4-5-12(20)9-13/h2-10H,1H3. The number of fused-ring (bicyclic) bond motifs is 1. The van der Waals surface area contributed by atoms with Crippen molar-refractivity contribution < 1.29 is 13.2 Å². The Morgan fingerprint density at radius 3 is 2.48 bits per heavy atom. The number of nitrogens with zero attached hydrogens (tertiary/aromatic N) is 4. The highest BCUT2D eigenvalue weighted by molar-refractivity contribution is 6.30. The molecule has 0 aliphatic rings. The third-order valence-corrected chi connectivity index (χ3v) is 4.33. The van der Waals surface area contributed by atoms with Crippen LogP contribution in [0.4, 0.5) is 13.2 Å². The van der Waals surface area contributed by atoms with Gasteiger partial charge in [0.1, 0.15) is 0 Å². The summed E-state index contributed by atoms with van der Waals surface area (Å²) in [5.41, 5.74) is 0.543. The molecule has 0 saturated carbocycles. The van der Waals surface area contributed by atoms with Crippen molar-refractivity contribution in [3.8, 4) is 17.1 Å². The maximum absolute atomic E-state index is 13.8. The Bertz CT molecular complexity index is 1140. The first-order chi connectivity index (χ1) is 12.8. The Kier molecular flexibility index (Phi) is 4.11. The molecular weight excluding hydrogens is 377 g/mol. The molecule has 0 radical (unpaired) electrons. The third-order valence-electron chi connectivity index (χ3n) is 4.10. The SMILES string of the molecule is Cc1nn(-c2cccc(Cl)c2)c2nc(-c3ccccn3)cc(C(F)(F)F)c12. The lowest BCUT2D eigenvalue weighted by atomic mass is 10.1. The second-order valence-electron chi connectivity index (χ2n) is 5.94. The molecule has 0 fully saturated rings. The maximum atomic E-state index is 13.8. The van der Waals surface area contributed by atoms with Crippen molar-refractivity contribution in [3.63, 3.8) is 0 Å². The van der Waals surface area contributed by atoms with E-state index < -0.39 is 11.7 Å². The third kappa shape index (κ3) is 3.14. The van der Waals surface area contributed by atoms with Gasteiger partial charge in [-0.05, 0) is 43.3 Å². The fraction of sp³-hybridized carbons (Fsp3) is 0.105. The van der Waals surface area contributed by atoms with Crippen molar-refractivity contribution in [2.24, 2.45) is 0 Å². The predicted octanol–water partition coefficient (Wildman–Crippen LogP) is 5.46. The fourth-order valence-electron chi connectivity index (χ4n) is 2.95. The Hall–Kier alpha value is -2.93. The number of pyridine rings is 2. The zero-order chi connectivity index (χ0) is 19.2. The maximum Gasteiger partial charge on any atom is 0.417 e. The zero-order valence-corrected chi connectivity index (χ0v) is 14.8. The quantitative estimate of drug-likeness (QED) is 0.457. The highest BCUT2D eigenvalue weighted by atomic mass is 35.5. The fourth-order valence-corrected chi connectivity index (χ4v) is 3.13. The van der Waals surface area contributed by atoms with Gasteiger partial charge >= 0.3 is 6.18 Å². The van der Waals surface area contributed by atoms with Crippen LogP contribution in [0.25, 0.3) is 28.1 Å². The smallest absolute Gasteiger partial charge is 0.255 e. The van der Waals surface area contributed by atoms with Crippen LogP contribution in [0.15, 0.2) is 54.7 Å². The summed E-state index contributed by atoms with van der Waals surface area (Å²) >= 11 is 6.03. The van der Waals surface area contributed by atoms with Crippen LogP contribution in [-0.2, 0) is 6.18 Å². The lowest BCUT2D eigenvalue weighted by Crippen LogP contribution is -2.08. The van der Waals surface area contributed by atoms with Crippen molar-refractivity contribution in [1.82, 2.24) is 19.7 Å². The van der Waals surface area contributed by atoms with Gasteiger partial charge in [-0.2, -0.15) is 18.3 Å². The van der Waals surface area contributed by atoms with Crippen molar-refractivity contribution in [2.75, 3.05) is 0 Å². The van der Waals surface area contributed by atoms with Crippen LogP contribution in [0, 0.1) is 6.92 Å². The van der Waals surface area contributed by atoms with E-state index in [0.29, 0.717) is 16.4 Å². The van der Waals surface area contributed by atoms with Gasteiger partial charge in [-0.3, -0.25) is 4.98 Å². The molecule has 3 heterocycles. The molecule has 27 heavy (non-hydrogen) atoms. The Morgan fingerprint density at radius 1 is 1.00 bits per heavy atom. The summed E-state index contributed by atoms with van der Waals surface area (Å²) < 4.78 is 42.7. The second-order valence-corrected chi connectivity index (χ2v) is 6.38. The molecule has 0 unspecified atom stereocenters. The van der Waals surface area contributed by atoms with Crippen molar-refractivity contribution >= 4 is 22.6 Å². The molecule has 4 aromatic rings. The molecule has 1 aromatic carbocycles. The summed E-state index contributed by atoms with van der Waals surface area (Å²) in [5, 5.41) is 4.70. The first-order valence-electron chi connectivity index (χ1n) is 7.99. The summed E-state index contributed by atoms with van der Waals surface area (Å²) in [6, 6.07) is 12.7. The molecular formula is C19H12ClF3N4. The van der Waals surface area contributed by atoms with Gasteiger partial charge in [-0.25, -0.2) is 9.67 Å². The molecule has 0 bridgehead atoms. The average molecular weight is 389 g/mol. The molecule has 136 valence electrons. The minimum absolute atomic E-state index is 0.0397. The molecule has 0 amide bonds. The largest absolute Gasteiger partial charge is 0.417 e. The Morgan fingerprint density at radius 2 is 1.81 bits per heavy atom. The van der Waals surface area contributed by atoms with E-state index >= 15 is 0 Å². The summed E-state index contributed by atoms with van der Waals surface area (Å²) in [6.07, 6.45) is -3.05. The van der Waals surface area contributed by atoms with Gasteiger partial charge in [-0.15, -0.1) is 0 Å². The molecule has 0 aliphatic heterocycles. The summed E-state index contributed by atoms with van der Waals surface area (Å²) in [7, 11) is 0. The number of benzene rings is 1. The van der Waals surface area contributed by atoms with Gasteiger partial charge in [-0.1, -0.05) is 23.7 Å². The first-order valence-corrected chi connectivity index (χ1v) is 8.37. The summed E-state index contributed by atoms with van der Waals surface area (Å²) in [4.78, 5) is 8.56. The molecule has 0 aliphatic carbocycles.